The Labute approximate surface area is 139 Å². The van der Waals surface area contributed by atoms with Gasteiger partial charge in [0.15, 0.2) is 11.0 Å². The molecule has 7 nitrogen and oxygen atoms in total. The highest BCUT2D eigenvalue weighted by atomic mass is 32.2. The fraction of sp³-hybridized carbons (Fsp3) is 0.467. The second kappa shape index (κ2) is 6.57. The number of nitrogens with two attached hydrogens (primary N) is 1. The third-order valence-electron chi connectivity index (χ3n) is 3.75. The highest BCUT2D eigenvalue weighted by Crippen LogP contribution is 2.30. The van der Waals surface area contributed by atoms with Gasteiger partial charge in [-0.2, -0.15) is 5.10 Å². The van der Waals surface area contributed by atoms with Crippen LogP contribution in [0.3, 0.4) is 0 Å². The Hall–Kier alpha value is -2.09. The molecule has 0 bridgehead atoms. The lowest BCUT2D eigenvalue weighted by molar-refractivity contribution is -0.119. The van der Waals surface area contributed by atoms with Crippen molar-refractivity contribution in [2.45, 2.75) is 36.6 Å². The van der Waals surface area contributed by atoms with E-state index < -0.39 is 0 Å². The molecular weight excluding hydrogens is 312 g/mol. The predicted octanol–water partition coefficient (Wildman–Crippen LogP) is 1.64. The van der Waals surface area contributed by atoms with Crippen LogP contribution in [0.5, 0.6) is 0 Å². The molecule has 1 fully saturated rings. The average Bonchev–Trinajstić information content (AvgIpc) is 2.95. The van der Waals surface area contributed by atoms with Gasteiger partial charge in [-0.1, -0.05) is 18.7 Å². The molecule has 8 heteroatoms. The summed E-state index contributed by atoms with van der Waals surface area (Å²) in [5, 5.41) is 4.70. The number of anilines is 2. The van der Waals surface area contributed by atoms with Crippen LogP contribution in [0, 0.1) is 0 Å². The van der Waals surface area contributed by atoms with Crippen LogP contribution in [-0.4, -0.2) is 37.5 Å². The monoisotopic (exact) mass is 332 g/mol. The highest BCUT2D eigenvalue weighted by Gasteiger charge is 2.32. The maximum absolute atomic E-state index is 12.7. The number of rotatable bonds is 4. The third-order valence-corrected chi connectivity index (χ3v) is 4.87. The molecule has 1 aliphatic rings. The first-order valence-electron chi connectivity index (χ1n) is 7.68. The summed E-state index contributed by atoms with van der Waals surface area (Å²) < 4.78 is 1.70. The lowest BCUT2D eigenvalue weighted by Crippen LogP contribution is -2.43. The Kier molecular flexibility index (Phi) is 4.51. The Morgan fingerprint density at radius 1 is 1.43 bits per heavy atom. The summed E-state index contributed by atoms with van der Waals surface area (Å²) in [6, 6.07) is 3.63. The number of hydrogen-bond donors (Lipinski definition) is 1. The molecule has 1 aliphatic heterocycles. The fourth-order valence-corrected chi connectivity index (χ4v) is 3.68. The second-order valence-corrected chi connectivity index (χ2v) is 6.68. The summed E-state index contributed by atoms with van der Waals surface area (Å²) in [6.45, 7) is 2.72. The van der Waals surface area contributed by atoms with Gasteiger partial charge < -0.3 is 5.73 Å². The molecule has 23 heavy (non-hydrogen) atoms. The molecule has 2 N–H and O–H groups in total. The highest BCUT2D eigenvalue weighted by molar-refractivity contribution is 8.00. The minimum Gasteiger partial charge on any atom is -0.384 e. The first kappa shape index (κ1) is 15.8. The maximum atomic E-state index is 12.7. The molecule has 2 aromatic rings. The van der Waals surface area contributed by atoms with Crippen molar-refractivity contribution in [1.82, 2.24) is 19.7 Å². The molecule has 2 aromatic heterocycles. The van der Waals surface area contributed by atoms with Crippen molar-refractivity contribution in [2.24, 2.45) is 7.05 Å². The first-order chi connectivity index (χ1) is 11.1. The fourth-order valence-electron chi connectivity index (χ4n) is 2.58. The minimum atomic E-state index is -0.197. The van der Waals surface area contributed by atoms with Crippen LogP contribution in [0.25, 0.3) is 0 Å². The molecule has 3 rings (SSSR count). The van der Waals surface area contributed by atoms with Crippen molar-refractivity contribution in [3.8, 4) is 0 Å². The number of amides is 1. The molecule has 122 valence electrons. The number of aryl methyl sites for hydroxylation is 2. The number of nitrogens with zero attached hydrogens (tertiary/aromatic N) is 5. The molecule has 3 heterocycles. The van der Waals surface area contributed by atoms with Gasteiger partial charge in [0.25, 0.3) is 0 Å². The smallest absolute Gasteiger partial charge is 0.241 e. The number of nitrogen functional groups attached to an aromatic ring is 1. The number of thioether (sulfide) groups is 1. The van der Waals surface area contributed by atoms with Crippen molar-refractivity contribution >= 4 is 29.3 Å². The zero-order chi connectivity index (χ0) is 16.4. The van der Waals surface area contributed by atoms with Crippen LogP contribution in [-0.2, 0) is 18.3 Å². The Morgan fingerprint density at radius 3 is 2.96 bits per heavy atom. The van der Waals surface area contributed by atoms with Gasteiger partial charge in [-0.25, -0.2) is 9.97 Å². The van der Waals surface area contributed by atoms with Crippen molar-refractivity contribution in [3.63, 3.8) is 0 Å². The first-order valence-corrected chi connectivity index (χ1v) is 8.56. The van der Waals surface area contributed by atoms with Gasteiger partial charge in [0.2, 0.25) is 5.91 Å². The molecule has 1 amide bonds. The Bertz CT molecular complexity index is 716. The molecule has 1 saturated heterocycles. The second-order valence-electron chi connectivity index (χ2n) is 5.51. The van der Waals surface area contributed by atoms with E-state index in [9.17, 15) is 4.79 Å². The molecule has 0 saturated carbocycles. The normalized spacial score (nSPS) is 18.4. The standard InChI is InChI=1S/C15H20N6OS/c1-3-10-9-12(16)18-15(17-10)23-11-5-4-7-21(14(11)22)13-6-8-20(2)19-13/h6,8-9,11H,3-5,7H2,1-2H3,(H2,16,17,18)/t11-/m0/s1. The van der Waals surface area contributed by atoms with Crippen LogP contribution in [0.1, 0.15) is 25.5 Å². The van der Waals surface area contributed by atoms with Crippen LogP contribution < -0.4 is 10.6 Å². The SMILES string of the molecule is CCc1cc(N)nc(S[C@H]2CCCN(c3ccn(C)n3)C2=O)n1. The molecule has 0 aromatic carbocycles. The number of aromatic nitrogens is 4. The van der Waals surface area contributed by atoms with Gasteiger partial charge in [-0.05, 0) is 19.3 Å². The van der Waals surface area contributed by atoms with Crippen molar-refractivity contribution in [3.05, 3.63) is 24.0 Å². The summed E-state index contributed by atoms with van der Waals surface area (Å²) in [5.41, 5.74) is 6.72. The minimum absolute atomic E-state index is 0.0593. The van der Waals surface area contributed by atoms with E-state index in [0.29, 0.717) is 23.3 Å². The lowest BCUT2D eigenvalue weighted by atomic mass is 10.1. The van der Waals surface area contributed by atoms with Crippen LogP contribution >= 0.6 is 11.8 Å². The van der Waals surface area contributed by atoms with Crippen molar-refractivity contribution in [2.75, 3.05) is 17.2 Å². The van der Waals surface area contributed by atoms with Gasteiger partial charge in [0, 0.05) is 37.6 Å². The molecule has 0 aliphatic carbocycles. The van der Waals surface area contributed by atoms with Gasteiger partial charge in [0.05, 0.1) is 5.25 Å². The number of carbonyl (C=O) groups is 1. The summed E-state index contributed by atoms with van der Waals surface area (Å²) >= 11 is 1.39. The maximum Gasteiger partial charge on any atom is 0.241 e. The molecule has 0 radical (unpaired) electrons. The van der Waals surface area contributed by atoms with Crippen LogP contribution in [0.2, 0.25) is 0 Å². The van der Waals surface area contributed by atoms with Gasteiger partial charge >= 0.3 is 0 Å². The zero-order valence-electron chi connectivity index (χ0n) is 13.3. The topological polar surface area (TPSA) is 89.9 Å². The Balaban J connectivity index is 1.77. The average molecular weight is 332 g/mol. The van der Waals surface area contributed by atoms with Gasteiger partial charge in [0.1, 0.15) is 5.82 Å². The summed E-state index contributed by atoms with van der Waals surface area (Å²) in [4.78, 5) is 23.2. The van der Waals surface area contributed by atoms with E-state index in [4.69, 9.17) is 5.73 Å². The molecular formula is C15H20N6OS. The van der Waals surface area contributed by atoms with Crippen molar-refractivity contribution < 1.29 is 4.79 Å². The lowest BCUT2D eigenvalue weighted by Gasteiger charge is -2.30. The largest absolute Gasteiger partial charge is 0.384 e. The zero-order valence-corrected chi connectivity index (χ0v) is 14.1. The molecule has 1 atom stereocenters. The van der Waals surface area contributed by atoms with E-state index in [0.717, 1.165) is 25.0 Å². The van der Waals surface area contributed by atoms with Gasteiger partial charge in [-0.3, -0.25) is 14.4 Å². The summed E-state index contributed by atoms with van der Waals surface area (Å²) in [5.74, 6) is 1.21. The number of hydrogen-bond acceptors (Lipinski definition) is 6. The Morgan fingerprint density at radius 2 is 2.26 bits per heavy atom. The van der Waals surface area contributed by atoms with E-state index in [-0.39, 0.29) is 11.2 Å². The van der Waals surface area contributed by atoms with Crippen LogP contribution in [0.4, 0.5) is 11.6 Å². The third kappa shape index (κ3) is 3.47. The van der Waals surface area contributed by atoms with Gasteiger partial charge in [-0.15, -0.1) is 0 Å². The molecule has 0 unspecified atom stereocenters. The van der Waals surface area contributed by atoms with E-state index in [1.54, 1.807) is 15.6 Å². The summed E-state index contributed by atoms with van der Waals surface area (Å²) in [7, 11) is 1.84. The van der Waals surface area contributed by atoms with Crippen LogP contribution in [0.15, 0.2) is 23.5 Å². The van der Waals surface area contributed by atoms with E-state index in [2.05, 4.69) is 15.1 Å². The predicted molar refractivity (Wildman–Crippen MR) is 90.3 cm³/mol. The van der Waals surface area contributed by atoms with E-state index in [1.807, 2.05) is 26.2 Å². The number of piperidine rings is 1. The summed E-state index contributed by atoms with van der Waals surface area (Å²) in [6.07, 6.45) is 4.38. The number of carbonyl (C=O) groups excluding carboxylic acids is 1. The quantitative estimate of drug-likeness (QED) is 0.856. The van der Waals surface area contributed by atoms with E-state index >= 15 is 0 Å². The van der Waals surface area contributed by atoms with E-state index in [1.165, 1.54) is 11.8 Å². The molecule has 0 spiro atoms. The van der Waals surface area contributed by atoms with Crippen molar-refractivity contribution in [1.29, 1.82) is 0 Å².